The molecule has 0 saturated heterocycles. The van der Waals surface area contributed by atoms with Gasteiger partial charge in [0.25, 0.3) is 5.91 Å². The van der Waals surface area contributed by atoms with Gasteiger partial charge in [-0.3, -0.25) is 4.79 Å². The zero-order chi connectivity index (χ0) is 11.4. The third-order valence-electron chi connectivity index (χ3n) is 1.87. The van der Waals surface area contributed by atoms with Gasteiger partial charge in [-0.05, 0) is 24.1 Å². The first-order valence-electron chi connectivity index (χ1n) is 4.33. The van der Waals surface area contributed by atoms with Gasteiger partial charge >= 0.3 is 5.97 Å². The zero-order valence-corrected chi connectivity index (χ0v) is 8.75. The summed E-state index contributed by atoms with van der Waals surface area (Å²) in [4.78, 5) is 22.1. The second kappa shape index (κ2) is 4.84. The fraction of sp³-hybridized carbons (Fsp3) is 0.333. The number of aliphatic carboxylic acids is 1. The van der Waals surface area contributed by atoms with Crippen LogP contribution < -0.4 is 5.32 Å². The van der Waals surface area contributed by atoms with Gasteiger partial charge in [-0.25, -0.2) is 4.79 Å². The lowest BCUT2D eigenvalue weighted by Crippen LogP contribution is -2.40. The van der Waals surface area contributed by atoms with Crippen LogP contribution in [0.25, 0.3) is 0 Å². The Balaban J connectivity index is 2.71. The second-order valence-electron chi connectivity index (χ2n) is 2.88. The van der Waals surface area contributed by atoms with Crippen LogP contribution in [-0.2, 0) is 4.79 Å². The smallest absolute Gasteiger partial charge is 0.326 e. The minimum Gasteiger partial charge on any atom is -0.480 e. The van der Waals surface area contributed by atoms with E-state index in [1.165, 1.54) is 12.3 Å². The number of hydrogen-bond acceptors (Lipinski definition) is 3. The van der Waals surface area contributed by atoms with Gasteiger partial charge in [-0.15, -0.1) is 0 Å². The molecule has 1 amide bonds. The van der Waals surface area contributed by atoms with E-state index in [2.05, 4.69) is 5.32 Å². The molecule has 5 nitrogen and oxygen atoms in total. The summed E-state index contributed by atoms with van der Waals surface area (Å²) in [5.74, 6) is -1.63. The van der Waals surface area contributed by atoms with Gasteiger partial charge < -0.3 is 14.8 Å². The molecule has 2 N–H and O–H groups in total. The first-order chi connectivity index (χ1) is 7.06. The number of carbonyl (C=O) groups excluding carboxylic acids is 1. The van der Waals surface area contributed by atoms with Crippen LogP contribution in [0.1, 0.15) is 23.7 Å². The average Bonchev–Trinajstić information content (AvgIpc) is 2.60. The molecular formula is C9H10ClNO4. The molecule has 6 heteroatoms. The lowest BCUT2D eigenvalue weighted by atomic mass is 10.2. The summed E-state index contributed by atoms with van der Waals surface area (Å²) in [7, 11) is 0. The van der Waals surface area contributed by atoms with E-state index in [0.717, 1.165) is 0 Å². The summed E-state index contributed by atoms with van der Waals surface area (Å²) in [6, 6.07) is 0.468. The highest BCUT2D eigenvalue weighted by Gasteiger charge is 2.20. The molecule has 0 aliphatic rings. The molecule has 0 unspecified atom stereocenters. The van der Waals surface area contributed by atoms with Gasteiger partial charge in [-0.1, -0.05) is 6.92 Å². The zero-order valence-electron chi connectivity index (χ0n) is 7.99. The molecule has 15 heavy (non-hydrogen) atoms. The molecule has 0 fully saturated rings. The van der Waals surface area contributed by atoms with E-state index < -0.39 is 17.9 Å². The summed E-state index contributed by atoms with van der Waals surface area (Å²) in [6.07, 6.45) is 1.56. The molecule has 0 bridgehead atoms. The fourth-order valence-electron chi connectivity index (χ4n) is 1.03. The first kappa shape index (κ1) is 11.6. The van der Waals surface area contributed by atoms with Crippen LogP contribution in [0.4, 0.5) is 0 Å². The maximum Gasteiger partial charge on any atom is 0.326 e. The quantitative estimate of drug-likeness (QED) is 0.824. The van der Waals surface area contributed by atoms with E-state index in [9.17, 15) is 9.59 Å². The van der Waals surface area contributed by atoms with Crippen molar-refractivity contribution in [3.05, 3.63) is 23.1 Å². The molecule has 0 aliphatic carbocycles. The molecule has 1 aromatic heterocycles. The Hall–Kier alpha value is -1.49. The number of carboxylic acids is 1. The van der Waals surface area contributed by atoms with E-state index >= 15 is 0 Å². The molecule has 0 aromatic carbocycles. The molecule has 0 radical (unpaired) electrons. The fourth-order valence-corrected chi connectivity index (χ4v) is 1.23. The summed E-state index contributed by atoms with van der Waals surface area (Å²) in [5, 5.41) is 11.0. The molecule has 1 atom stereocenters. The largest absolute Gasteiger partial charge is 0.480 e. The Kier molecular flexibility index (Phi) is 3.74. The highest BCUT2D eigenvalue weighted by atomic mass is 35.5. The van der Waals surface area contributed by atoms with Crippen molar-refractivity contribution in [1.29, 1.82) is 0 Å². The minimum absolute atomic E-state index is 0.0484. The number of carboxylic acid groups (broad SMARTS) is 1. The summed E-state index contributed by atoms with van der Waals surface area (Å²) < 4.78 is 4.72. The van der Waals surface area contributed by atoms with Crippen molar-refractivity contribution < 1.29 is 19.1 Å². The van der Waals surface area contributed by atoms with E-state index in [1.807, 2.05) is 0 Å². The normalized spacial score (nSPS) is 12.1. The molecule has 0 saturated carbocycles. The third-order valence-corrected chi connectivity index (χ3v) is 2.17. The van der Waals surface area contributed by atoms with Crippen LogP contribution in [0.5, 0.6) is 0 Å². The van der Waals surface area contributed by atoms with Gasteiger partial charge in [0, 0.05) is 0 Å². The number of rotatable bonds is 4. The van der Waals surface area contributed by atoms with E-state index in [1.54, 1.807) is 6.92 Å². The molecule has 1 rings (SSSR count). The molecule has 82 valence electrons. The van der Waals surface area contributed by atoms with Crippen molar-refractivity contribution in [3.8, 4) is 0 Å². The third kappa shape index (κ3) is 2.73. The van der Waals surface area contributed by atoms with Crippen LogP contribution in [0, 0.1) is 0 Å². The Morgan fingerprint density at radius 3 is 2.73 bits per heavy atom. The van der Waals surface area contributed by atoms with Crippen molar-refractivity contribution >= 4 is 23.5 Å². The SMILES string of the molecule is CC[C@H](NC(=O)c1ccoc1Cl)C(=O)O. The lowest BCUT2D eigenvalue weighted by Gasteiger charge is -2.10. The average molecular weight is 232 g/mol. The van der Waals surface area contributed by atoms with Crippen molar-refractivity contribution in [2.45, 2.75) is 19.4 Å². The monoisotopic (exact) mass is 231 g/mol. The Labute approximate surface area is 91.0 Å². The summed E-state index contributed by atoms with van der Waals surface area (Å²) in [6.45, 7) is 1.66. The van der Waals surface area contributed by atoms with Gasteiger partial charge in [-0.2, -0.15) is 0 Å². The van der Waals surface area contributed by atoms with Crippen molar-refractivity contribution in [2.75, 3.05) is 0 Å². The predicted octanol–water partition coefficient (Wildman–Crippen LogP) is 1.53. The molecule has 0 aliphatic heterocycles. The summed E-state index contributed by atoms with van der Waals surface area (Å²) >= 11 is 5.57. The van der Waals surface area contributed by atoms with E-state index in [-0.39, 0.29) is 10.8 Å². The van der Waals surface area contributed by atoms with Crippen molar-refractivity contribution in [1.82, 2.24) is 5.32 Å². The van der Waals surface area contributed by atoms with Crippen LogP contribution in [-0.4, -0.2) is 23.0 Å². The van der Waals surface area contributed by atoms with Crippen LogP contribution in [0.2, 0.25) is 5.22 Å². The number of carbonyl (C=O) groups is 2. The molecule has 1 aromatic rings. The highest BCUT2D eigenvalue weighted by molar-refractivity contribution is 6.32. The van der Waals surface area contributed by atoms with Crippen molar-refractivity contribution in [2.24, 2.45) is 0 Å². The van der Waals surface area contributed by atoms with Gasteiger partial charge in [0.2, 0.25) is 5.22 Å². The Morgan fingerprint density at radius 1 is 1.67 bits per heavy atom. The number of hydrogen-bond donors (Lipinski definition) is 2. The minimum atomic E-state index is -1.08. The second-order valence-corrected chi connectivity index (χ2v) is 3.22. The van der Waals surface area contributed by atoms with Crippen LogP contribution in [0.3, 0.4) is 0 Å². The van der Waals surface area contributed by atoms with E-state index in [4.69, 9.17) is 21.1 Å². The Bertz CT molecular complexity index is 374. The van der Waals surface area contributed by atoms with Gasteiger partial charge in [0.15, 0.2) is 0 Å². The van der Waals surface area contributed by atoms with E-state index in [0.29, 0.717) is 6.42 Å². The maximum atomic E-state index is 11.5. The highest BCUT2D eigenvalue weighted by Crippen LogP contribution is 2.16. The van der Waals surface area contributed by atoms with Gasteiger partial charge in [0.05, 0.1) is 11.8 Å². The number of halogens is 1. The first-order valence-corrected chi connectivity index (χ1v) is 4.70. The standard InChI is InChI=1S/C9H10ClNO4/c1-2-6(9(13)14)11-8(12)5-3-4-15-7(5)10/h3-4,6H,2H2,1H3,(H,11,12)(H,13,14)/t6-/m0/s1. The topological polar surface area (TPSA) is 79.5 Å². The van der Waals surface area contributed by atoms with Gasteiger partial charge in [0.1, 0.15) is 6.04 Å². The summed E-state index contributed by atoms with van der Waals surface area (Å²) in [5.41, 5.74) is 0.136. The predicted molar refractivity (Wildman–Crippen MR) is 52.9 cm³/mol. The number of amides is 1. The molecule has 1 heterocycles. The van der Waals surface area contributed by atoms with Crippen LogP contribution in [0.15, 0.2) is 16.7 Å². The molecule has 0 spiro atoms. The van der Waals surface area contributed by atoms with Crippen molar-refractivity contribution in [3.63, 3.8) is 0 Å². The number of nitrogens with one attached hydrogen (secondary N) is 1. The maximum absolute atomic E-state index is 11.5. The lowest BCUT2D eigenvalue weighted by molar-refractivity contribution is -0.139. The number of furan rings is 1. The van der Waals surface area contributed by atoms with Crippen LogP contribution >= 0.6 is 11.6 Å². The molecular weight excluding hydrogens is 222 g/mol. The Morgan fingerprint density at radius 2 is 2.33 bits per heavy atom.